The van der Waals surface area contributed by atoms with E-state index in [1.807, 2.05) is 20.8 Å². The van der Waals surface area contributed by atoms with Crippen LogP contribution in [0.2, 0.25) is 0 Å². The molecule has 37 heavy (non-hydrogen) atoms. The number of carbonyl (C=O) groups is 2. The van der Waals surface area contributed by atoms with E-state index in [4.69, 9.17) is 14.0 Å². The number of pyridine rings is 1. The third kappa shape index (κ3) is 7.76. The molecule has 0 bridgehead atoms. The normalized spacial score (nSPS) is 14.1. The molecule has 1 aliphatic rings. The van der Waals surface area contributed by atoms with Gasteiger partial charge in [-0.3, -0.25) is 15.0 Å². The minimum Gasteiger partial charge on any atom is -0.476 e. The number of nitrogens with one attached hydrogen (secondary N) is 3. The van der Waals surface area contributed by atoms with Crippen LogP contribution in [-0.4, -0.2) is 66.4 Å². The Balaban J connectivity index is 1.25. The summed E-state index contributed by atoms with van der Waals surface area (Å²) in [6.45, 7) is 10.5. The zero-order valence-electron chi connectivity index (χ0n) is 21.2. The molecule has 11 nitrogen and oxygen atoms in total. The smallest absolute Gasteiger partial charge is 0.324 e. The second-order valence-corrected chi connectivity index (χ2v) is 9.60. The Labute approximate surface area is 215 Å². The van der Waals surface area contributed by atoms with Gasteiger partial charge in [0.05, 0.1) is 13.2 Å². The maximum absolute atomic E-state index is 12.7. The Morgan fingerprint density at radius 3 is 2.38 bits per heavy atom. The third-order valence-electron chi connectivity index (χ3n) is 5.61. The molecule has 0 saturated carbocycles. The molecule has 0 atom stereocenters. The van der Waals surface area contributed by atoms with E-state index in [2.05, 4.69) is 31.0 Å². The first-order chi connectivity index (χ1) is 17.8. The average molecular weight is 509 g/mol. The predicted molar refractivity (Wildman–Crippen MR) is 139 cm³/mol. The molecule has 0 spiro atoms. The Morgan fingerprint density at radius 1 is 1.00 bits per heavy atom. The first-order valence-electron chi connectivity index (χ1n) is 12.1. The number of ether oxygens (including phenoxy) is 2. The number of hydrogen-bond donors (Lipinski definition) is 3. The van der Waals surface area contributed by atoms with Crippen molar-refractivity contribution in [3.63, 3.8) is 0 Å². The van der Waals surface area contributed by atoms with Crippen molar-refractivity contribution in [3.05, 3.63) is 60.0 Å². The molecule has 1 saturated heterocycles. The first-order valence-corrected chi connectivity index (χ1v) is 12.1. The number of benzene rings is 1. The summed E-state index contributed by atoms with van der Waals surface area (Å²) in [5.74, 6) is 1.03. The lowest BCUT2D eigenvalue weighted by Gasteiger charge is -2.26. The molecule has 4 rings (SSSR count). The molecule has 3 heterocycles. The van der Waals surface area contributed by atoms with Gasteiger partial charge in [0.1, 0.15) is 18.1 Å². The van der Waals surface area contributed by atoms with Gasteiger partial charge in [0.2, 0.25) is 5.88 Å². The van der Waals surface area contributed by atoms with Crippen LogP contribution in [0.25, 0.3) is 0 Å². The Kier molecular flexibility index (Phi) is 8.36. The highest BCUT2D eigenvalue weighted by Gasteiger charge is 2.20. The summed E-state index contributed by atoms with van der Waals surface area (Å²) >= 11 is 0. The van der Waals surface area contributed by atoms with Crippen LogP contribution in [0.4, 0.5) is 22.0 Å². The number of carbonyl (C=O) groups excluding carboxylic acids is 2. The monoisotopic (exact) mass is 508 g/mol. The SMILES string of the molecule is CC(C)(C)c1cc(NC(=O)Nc2ccc(NC(=O)c3cccc(OCCN4CCOCC4)n3)cc2)no1. The number of anilines is 3. The highest BCUT2D eigenvalue weighted by atomic mass is 16.5. The fourth-order valence-electron chi connectivity index (χ4n) is 3.52. The van der Waals surface area contributed by atoms with Crippen LogP contribution < -0.4 is 20.7 Å². The van der Waals surface area contributed by atoms with E-state index >= 15 is 0 Å². The molecule has 3 N–H and O–H groups in total. The molecule has 1 fully saturated rings. The standard InChI is InChI=1S/C26H32N6O5/c1-26(2,3)21-17-22(31-37-21)30-25(34)28-19-9-7-18(8-10-19)27-24(33)20-5-4-6-23(29-20)36-16-13-32-11-14-35-15-12-32/h4-10,17H,11-16H2,1-3H3,(H,27,33)(H2,28,30,31,34). The van der Waals surface area contributed by atoms with Gasteiger partial charge >= 0.3 is 6.03 Å². The van der Waals surface area contributed by atoms with Crippen molar-refractivity contribution in [2.24, 2.45) is 0 Å². The average Bonchev–Trinajstić information content (AvgIpc) is 3.35. The summed E-state index contributed by atoms with van der Waals surface area (Å²) in [5, 5.41) is 12.0. The van der Waals surface area contributed by atoms with Gasteiger partial charge in [0.15, 0.2) is 5.82 Å². The van der Waals surface area contributed by atoms with Crippen LogP contribution in [0.1, 0.15) is 37.0 Å². The maximum Gasteiger partial charge on any atom is 0.324 e. The largest absolute Gasteiger partial charge is 0.476 e. The summed E-state index contributed by atoms with van der Waals surface area (Å²) < 4.78 is 16.3. The Hall–Kier alpha value is -3.96. The highest BCUT2D eigenvalue weighted by molar-refractivity contribution is 6.03. The van der Waals surface area contributed by atoms with E-state index in [-0.39, 0.29) is 17.0 Å². The van der Waals surface area contributed by atoms with Crippen molar-refractivity contribution in [2.75, 3.05) is 55.4 Å². The highest BCUT2D eigenvalue weighted by Crippen LogP contribution is 2.24. The van der Waals surface area contributed by atoms with Gasteiger partial charge in [-0.15, -0.1) is 0 Å². The molecule has 3 aromatic rings. The molecule has 0 unspecified atom stereocenters. The van der Waals surface area contributed by atoms with Crippen LogP contribution in [0.15, 0.2) is 53.1 Å². The number of morpholine rings is 1. The zero-order chi connectivity index (χ0) is 26.3. The van der Waals surface area contributed by atoms with Crippen molar-refractivity contribution in [1.82, 2.24) is 15.0 Å². The number of urea groups is 1. The second kappa shape index (κ2) is 11.8. The fourth-order valence-corrected chi connectivity index (χ4v) is 3.52. The summed E-state index contributed by atoms with van der Waals surface area (Å²) in [6, 6.07) is 13.0. The third-order valence-corrected chi connectivity index (χ3v) is 5.61. The van der Waals surface area contributed by atoms with Crippen molar-refractivity contribution < 1.29 is 23.6 Å². The Bertz CT molecular complexity index is 1200. The summed E-state index contributed by atoms with van der Waals surface area (Å²) in [6.07, 6.45) is 0. The van der Waals surface area contributed by atoms with Gasteiger partial charge in [-0.25, -0.2) is 9.78 Å². The zero-order valence-corrected chi connectivity index (χ0v) is 21.2. The number of nitrogens with zero attached hydrogens (tertiary/aromatic N) is 3. The minimum atomic E-state index is -0.458. The van der Waals surface area contributed by atoms with E-state index in [0.717, 1.165) is 32.8 Å². The van der Waals surface area contributed by atoms with E-state index < -0.39 is 6.03 Å². The number of amides is 3. The molecule has 2 aromatic heterocycles. The van der Waals surface area contributed by atoms with E-state index in [1.165, 1.54) is 0 Å². The van der Waals surface area contributed by atoms with Gasteiger partial charge in [-0.05, 0) is 30.3 Å². The van der Waals surface area contributed by atoms with Crippen molar-refractivity contribution in [1.29, 1.82) is 0 Å². The van der Waals surface area contributed by atoms with E-state index in [0.29, 0.717) is 35.4 Å². The van der Waals surface area contributed by atoms with E-state index in [9.17, 15) is 9.59 Å². The molecule has 11 heteroatoms. The molecule has 196 valence electrons. The van der Waals surface area contributed by atoms with Gasteiger partial charge in [-0.1, -0.05) is 32.0 Å². The predicted octanol–water partition coefficient (Wildman–Crippen LogP) is 3.97. The van der Waals surface area contributed by atoms with Crippen molar-refractivity contribution >= 4 is 29.1 Å². The maximum atomic E-state index is 12.7. The molecule has 0 aliphatic carbocycles. The topological polar surface area (TPSA) is 131 Å². The first kappa shape index (κ1) is 26.1. The van der Waals surface area contributed by atoms with Crippen LogP contribution in [-0.2, 0) is 10.2 Å². The van der Waals surface area contributed by atoms with Gasteiger partial charge in [-0.2, -0.15) is 0 Å². The minimum absolute atomic E-state index is 0.212. The summed E-state index contributed by atoms with van der Waals surface area (Å²) in [5.41, 5.74) is 1.13. The van der Waals surface area contributed by atoms with Crippen molar-refractivity contribution in [2.45, 2.75) is 26.2 Å². The molecule has 3 amide bonds. The number of aromatic nitrogens is 2. The summed E-state index contributed by atoms with van der Waals surface area (Å²) in [4.78, 5) is 31.5. The lowest BCUT2D eigenvalue weighted by molar-refractivity contribution is 0.0320. The second-order valence-electron chi connectivity index (χ2n) is 9.60. The van der Waals surface area contributed by atoms with Gasteiger partial charge in [0, 0.05) is 48.6 Å². The lowest BCUT2D eigenvalue weighted by Crippen LogP contribution is -2.38. The lowest BCUT2D eigenvalue weighted by atomic mass is 9.93. The Morgan fingerprint density at radius 2 is 1.70 bits per heavy atom. The quantitative estimate of drug-likeness (QED) is 0.417. The molecular weight excluding hydrogens is 476 g/mol. The molecule has 1 aliphatic heterocycles. The number of rotatable bonds is 8. The molecular formula is C26H32N6O5. The molecule has 0 radical (unpaired) electrons. The van der Waals surface area contributed by atoms with Crippen LogP contribution in [0.3, 0.4) is 0 Å². The fraction of sp³-hybridized carbons (Fsp3) is 0.385. The van der Waals surface area contributed by atoms with Crippen LogP contribution in [0, 0.1) is 0 Å². The van der Waals surface area contributed by atoms with Crippen LogP contribution >= 0.6 is 0 Å². The van der Waals surface area contributed by atoms with Gasteiger partial charge < -0.3 is 24.6 Å². The van der Waals surface area contributed by atoms with Crippen molar-refractivity contribution in [3.8, 4) is 5.88 Å². The van der Waals surface area contributed by atoms with E-state index in [1.54, 1.807) is 48.5 Å². The van der Waals surface area contributed by atoms with Gasteiger partial charge in [0.25, 0.3) is 5.91 Å². The van der Waals surface area contributed by atoms with Crippen LogP contribution in [0.5, 0.6) is 5.88 Å². The molecule has 1 aromatic carbocycles. The summed E-state index contributed by atoms with van der Waals surface area (Å²) in [7, 11) is 0. The number of hydrogen-bond acceptors (Lipinski definition) is 8.